The molecule has 0 spiro atoms. The lowest BCUT2D eigenvalue weighted by atomic mass is 9.95. The number of piperazine rings is 1. The normalized spacial score (nSPS) is 22.6. The van der Waals surface area contributed by atoms with Crippen molar-refractivity contribution in [2.75, 3.05) is 39.8 Å². The molecular weight excluding hydrogens is 276 g/mol. The van der Waals surface area contributed by atoms with Crippen LogP contribution in [0, 0.1) is 20.8 Å². The van der Waals surface area contributed by atoms with Gasteiger partial charge in [0.25, 0.3) is 0 Å². The number of nitrogens with zero attached hydrogens (tertiary/aromatic N) is 2. The molecule has 2 heterocycles. The summed E-state index contributed by atoms with van der Waals surface area (Å²) in [4.78, 5) is 4.92. The lowest BCUT2D eigenvalue weighted by Crippen LogP contribution is -2.45. The highest BCUT2D eigenvalue weighted by atomic mass is 16.5. The summed E-state index contributed by atoms with van der Waals surface area (Å²) in [6, 6.07) is 0. The number of phenols is 1. The van der Waals surface area contributed by atoms with E-state index in [1.54, 1.807) is 0 Å². The molecule has 22 heavy (non-hydrogen) atoms. The van der Waals surface area contributed by atoms with E-state index in [0.717, 1.165) is 68.0 Å². The van der Waals surface area contributed by atoms with Crippen LogP contribution in [0.15, 0.2) is 0 Å². The first kappa shape index (κ1) is 15.6. The smallest absolute Gasteiger partial charge is 0.126 e. The molecule has 3 rings (SSSR count). The Morgan fingerprint density at radius 3 is 2.41 bits per heavy atom. The van der Waals surface area contributed by atoms with Crippen LogP contribution in [0.25, 0.3) is 0 Å². The van der Waals surface area contributed by atoms with E-state index in [1.807, 2.05) is 13.8 Å². The quantitative estimate of drug-likeness (QED) is 0.929. The van der Waals surface area contributed by atoms with Gasteiger partial charge in [-0.3, -0.25) is 0 Å². The minimum Gasteiger partial charge on any atom is -0.507 e. The fourth-order valence-electron chi connectivity index (χ4n) is 3.57. The summed E-state index contributed by atoms with van der Waals surface area (Å²) in [6.45, 7) is 11.8. The molecule has 122 valence electrons. The highest BCUT2D eigenvalue weighted by molar-refractivity contribution is 5.59. The molecule has 2 aliphatic rings. The van der Waals surface area contributed by atoms with Crippen molar-refractivity contribution in [2.24, 2.45) is 0 Å². The van der Waals surface area contributed by atoms with Crippen LogP contribution in [0.4, 0.5) is 0 Å². The number of phenolic OH excluding ortho intramolecular Hbond substituents is 1. The molecule has 2 aliphatic heterocycles. The molecule has 0 bridgehead atoms. The Morgan fingerprint density at radius 1 is 1.05 bits per heavy atom. The maximum atomic E-state index is 10.2. The number of rotatable bonds is 3. The van der Waals surface area contributed by atoms with Crippen LogP contribution in [-0.2, 0) is 6.42 Å². The molecule has 1 unspecified atom stereocenters. The van der Waals surface area contributed by atoms with Crippen LogP contribution in [0.3, 0.4) is 0 Å². The van der Waals surface area contributed by atoms with Crippen LogP contribution < -0.4 is 4.74 Å². The first-order valence-electron chi connectivity index (χ1n) is 8.36. The molecule has 1 aromatic rings. The predicted octanol–water partition coefficient (Wildman–Crippen LogP) is 2.26. The van der Waals surface area contributed by atoms with Crippen LogP contribution in [0.2, 0.25) is 0 Å². The number of hydrogen-bond acceptors (Lipinski definition) is 4. The van der Waals surface area contributed by atoms with Gasteiger partial charge in [0.2, 0.25) is 0 Å². The summed E-state index contributed by atoms with van der Waals surface area (Å²) in [5.74, 6) is 1.47. The number of ether oxygens (including phenoxy) is 1. The van der Waals surface area contributed by atoms with Gasteiger partial charge in [0, 0.05) is 44.7 Å². The van der Waals surface area contributed by atoms with E-state index >= 15 is 0 Å². The molecule has 1 N–H and O–H groups in total. The highest BCUT2D eigenvalue weighted by Crippen LogP contribution is 2.42. The van der Waals surface area contributed by atoms with Gasteiger partial charge < -0.3 is 19.6 Å². The summed E-state index contributed by atoms with van der Waals surface area (Å²) >= 11 is 0. The molecule has 0 aromatic heterocycles. The fourth-order valence-corrected chi connectivity index (χ4v) is 3.57. The predicted molar refractivity (Wildman–Crippen MR) is 89.0 cm³/mol. The van der Waals surface area contributed by atoms with Gasteiger partial charge >= 0.3 is 0 Å². The van der Waals surface area contributed by atoms with Gasteiger partial charge in [0.15, 0.2) is 0 Å². The van der Waals surface area contributed by atoms with Crippen molar-refractivity contribution >= 4 is 0 Å². The highest BCUT2D eigenvalue weighted by Gasteiger charge is 2.29. The van der Waals surface area contributed by atoms with Crippen molar-refractivity contribution in [1.82, 2.24) is 9.80 Å². The summed E-state index contributed by atoms with van der Waals surface area (Å²) < 4.78 is 6.22. The number of likely N-dealkylation sites (N-methyl/N-ethyl adjacent to an activating group) is 1. The summed E-state index contributed by atoms with van der Waals surface area (Å²) in [7, 11) is 2.19. The first-order chi connectivity index (χ1) is 10.5. The van der Waals surface area contributed by atoms with E-state index in [2.05, 4.69) is 23.8 Å². The van der Waals surface area contributed by atoms with Gasteiger partial charge in [-0.05, 0) is 50.9 Å². The van der Waals surface area contributed by atoms with Crippen LogP contribution in [-0.4, -0.2) is 60.8 Å². The lowest BCUT2D eigenvalue weighted by molar-refractivity contribution is 0.130. The monoisotopic (exact) mass is 304 g/mol. The molecule has 1 atom stereocenters. The Labute approximate surface area is 133 Å². The molecule has 4 heteroatoms. The molecule has 1 aromatic carbocycles. The van der Waals surface area contributed by atoms with Gasteiger partial charge in [-0.25, -0.2) is 0 Å². The Morgan fingerprint density at radius 2 is 1.73 bits per heavy atom. The van der Waals surface area contributed by atoms with Gasteiger partial charge in [0.05, 0.1) is 0 Å². The van der Waals surface area contributed by atoms with E-state index in [0.29, 0.717) is 5.75 Å². The van der Waals surface area contributed by atoms with E-state index < -0.39 is 0 Å². The summed E-state index contributed by atoms with van der Waals surface area (Å²) in [5, 5.41) is 10.2. The zero-order valence-corrected chi connectivity index (χ0v) is 14.3. The second kappa shape index (κ2) is 6.09. The van der Waals surface area contributed by atoms with Crippen LogP contribution in [0.1, 0.15) is 28.7 Å². The SMILES string of the molecule is Cc1c(C)c2c(c(C)c1O)CC(CCN1CCN(C)CC1)O2. The average molecular weight is 304 g/mol. The number of fused-ring (bicyclic) bond motifs is 1. The molecular formula is C18H28N2O2. The third-order valence-corrected chi connectivity index (χ3v) is 5.42. The van der Waals surface area contributed by atoms with E-state index in [9.17, 15) is 5.11 Å². The summed E-state index contributed by atoms with van der Waals surface area (Å²) in [5.41, 5.74) is 4.26. The number of benzene rings is 1. The second-order valence-corrected chi connectivity index (χ2v) is 6.91. The Kier molecular flexibility index (Phi) is 4.33. The van der Waals surface area contributed by atoms with Crippen molar-refractivity contribution in [3.63, 3.8) is 0 Å². The van der Waals surface area contributed by atoms with Crippen molar-refractivity contribution in [2.45, 2.75) is 39.7 Å². The van der Waals surface area contributed by atoms with Crippen LogP contribution in [0.5, 0.6) is 11.5 Å². The minimum atomic E-state index is 0.258. The zero-order chi connectivity index (χ0) is 15.9. The number of hydrogen-bond donors (Lipinski definition) is 1. The molecule has 4 nitrogen and oxygen atoms in total. The standard InChI is InChI=1S/C18H28N2O2/c1-12-13(2)18-16(14(3)17(12)21)11-15(22-18)5-6-20-9-7-19(4)8-10-20/h15,21H,5-11H2,1-4H3. The Hall–Kier alpha value is -1.26. The van der Waals surface area contributed by atoms with E-state index in [4.69, 9.17) is 4.74 Å². The van der Waals surface area contributed by atoms with Gasteiger partial charge in [-0.2, -0.15) is 0 Å². The van der Waals surface area contributed by atoms with Crippen LogP contribution >= 0.6 is 0 Å². The molecule has 0 aliphatic carbocycles. The van der Waals surface area contributed by atoms with Gasteiger partial charge in [-0.15, -0.1) is 0 Å². The molecule has 0 saturated carbocycles. The molecule has 1 fully saturated rings. The fraction of sp³-hybridized carbons (Fsp3) is 0.667. The summed E-state index contributed by atoms with van der Waals surface area (Å²) in [6.07, 6.45) is 2.26. The van der Waals surface area contributed by atoms with Crippen molar-refractivity contribution in [3.8, 4) is 11.5 Å². The van der Waals surface area contributed by atoms with Gasteiger partial charge in [0.1, 0.15) is 17.6 Å². The zero-order valence-electron chi connectivity index (χ0n) is 14.3. The van der Waals surface area contributed by atoms with Crippen molar-refractivity contribution in [1.29, 1.82) is 0 Å². The topological polar surface area (TPSA) is 35.9 Å². The Balaban J connectivity index is 1.63. The third-order valence-electron chi connectivity index (χ3n) is 5.42. The average Bonchev–Trinajstić information content (AvgIpc) is 2.95. The second-order valence-electron chi connectivity index (χ2n) is 6.91. The van der Waals surface area contributed by atoms with Crippen molar-refractivity contribution in [3.05, 3.63) is 22.3 Å². The number of aromatic hydroxyl groups is 1. The molecule has 1 saturated heterocycles. The molecule has 0 radical (unpaired) electrons. The largest absolute Gasteiger partial charge is 0.507 e. The Bertz CT molecular complexity index is 526. The minimum absolute atomic E-state index is 0.258. The maximum absolute atomic E-state index is 10.2. The lowest BCUT2D eigenvalue weighted by Gasteiger charge is -2.32. The first-order valence-corrected chi connectivity index (χ1v) is 8.36. The third kappa shape index (κ3) is 2.82. The maximum Gasteiger partial charge on any atom is 0.126 e. The van der Waals surface area contributed by atoms with Gasteiger partial charge in [-0.1, -0.05) is 0 Å². The molecule has 0 amide bonds. The van der Waals surface area contributed by atoms with Crippen molar-refractivity contribution < 1.29 is 9.84 Å². The van der Waals surface area contributed by atoms with E-state index in [1.165, 1.54) is 5.56 Å². The van der Waals surface area contributed by atoms with E-state index in [-0.39, 0.29) is 6.10 Å².